The first-order valence-corrected chi connectivity index (χ1v) is 8.99. The number of benzene rings is 1. The second-order valence-corrected chi connectivity index (χ2v) is 7.16. The van der Waals surface area contributed by atoms with Crippen molar-refractivity contribution in [3.05, 3.63) is 24.4 Å². The van der Waals surface area contributed by atoms with Gasteiger partial charge in [-0.3, -0.25) is 0 Å². The summed E-state index contributed by atoms with van der Waals surface area (Å²) in [6.07, 6.45) is 3.36. The average Bonchev–Trinajstić information content (AvgIpc) is 2.76. The Morgan fingerprint density at radius 2 is 2.00 bits per heavy atom. The van der Waals surface area contributed by atoms with Gasteiger partial charge in [-0.1, -0.05) is 19.9 Å². The van der Waals surface area contributed by atoms with Gasteiger partial charge in [0.15, 0.2) is 0 Å². The Balaban J connectivity index is 2.70. The molecule has 110 valence electrons. The zero-order chi connectivity index (χ0) is 14.8. The molecule has 0 amide bonds. The minimum Gasteiger partial charge on any atom is -0.493 e. The molecular formula is C14H18ClNO3S. The van der Waals surface area contributed by atoms with Crippen molar-refractivity contribution < 1.29 is 13.2 Å². The first-order valence-electron chi connectivity index (χ1n) is 6.68. The summed E-state index contributed by atoms with van der Waals surface area (Å²) in [7, 11) is 1.76. The smallest absolute Gasteiger partial charge is 0.263 e. The topological polar surface area (TPSA) is 48.3 Å². The van der Waals surface area contributed by atoms with Crippen LogP contribution >= 0.6 is 10.7 Å². The van der Waals surface area contributed by atoms with Crippen LogP contribution in [0, 0.1) is 0 Å². The zero-order valence-corrected chi connectivity index (χ0v) is 13.2. The van der Waals surface area contributed by atoms with E-state index in [1.165, 1.54) is 0 Å². The molecule has 2 rings (SSSR count). The molecule has 0 unspecified atom stereocenters. The highest BCUT2D eigenvalue weighted by atomic mass is 35.7. The lowest BCUT2D eigenvalue weighted by molar-refractivity contribution is 0.321. The van der Waals surface area contributed by atoms with Crippen LogP contribution in [0.1, 0.15) is 26.7 Å². The normalized spacial score (nSPS) is 11.9. The Morgan fingerprint density at radius 3 is 2.60 bits per heavy atom. The third-order valence-corrected chi connectivity index (χ3v) is 4.36. The van der Waals surface area contributed by atoms with Crippen molar-refractivity contribution in [2.24, 2.45) is 0 Å². The van der Waals surface area contributed by atoms with Crippen molar-refractivity contribution in [3.8, 4) is 5.75 Å². The summed E-state index contributed by atoms with van der Waals surface area (Å²) in [5, 5.41) is 0.574. The van der Waals surface area contributed by atoms with E-state index in [1.807, 2.05) is 30.5 Å². The van der Waals surface area contributed by atoms with Gasteiger partial charge in [-0.25, -0.2) is 8.42 Å². The molecule has 1 aromatic carbocycles. The van der Waals surface area contributed by atoms with Gasteiger partial charge < -0.3 is 9.30 Å². The number of aryl methyl sites for hydroxylation is 1. The molecule has 0 saturated heterocycles. The number of hydrogen-bond acceptors (Lipinski definition) is 3. The summed E-state index contributed by atoms with van der Waals surface area (Å²) in [6.45, 7) is 5.32. The molecule has 0 bridgehead atoms. The number of halogens is 1. The van der Waals surface area contributed by atoms with Crippen molar-refractivity contribution in [3.63, 3.8) is 0 Å². The van der Waals surface area contributed by atoms with E-state index < -0.39 is 9.05 Å². The van der Waals surface area contributed by atoms with Crippen LogP contribution in [0.2, 0.25) is 0 Å². The number of nitrogens with zero attached hydrogens (tertiary/aromatic N) is 1. The predicted molar refractivity (Wildman–Crippen MR) is 81.1 cm³/mol. The molecule has 0 fully saturated rings. The van der Waals surface area contributed by atoms with Gasteiger partial charge in [0.05, 0.1) is 17.5 Å². The van der Waals surface area contributed by atoms with Crippen molar-refractivity contribution in [2.45, 2.75) is 38.1 Å². The second-order valence-electron chi connectivity index (χ2n) is 4.62. The van der Waals surface area contributed by atoms with E-state index in [0.29, 0.717) is 17.7 Å². The van der Waals surface area contributed by atoms with E-state index in [2.05, 4.69) is 0 Å². The van der Waals surface area contributed by atoms with Crippen molar-refractivity contribution in [1.29, 1.82) is 0 Å². The van der Waals surface area contributed by atoms with E-state index in [4.69, 9.17) is 15.4 Å². The highest BCUT2D eigenvalue weighted by Gasteiger charge is 2.21. The van der Waals surface area contributed by atoms with Gasteiger partial charge in [-0.15, -0.1) is 0 Å². The third kappa shape index (κ3) is 2.94. The Labute approximate surface area is 123 Å². The van der Waals surface area contributed by atoms with Gasteiger partial charge in [-0.05, 0) is 25.0 Å². The van der Waals surface area contributed by atoms with Gasteiger partial charge in [0.1, 0.15) is 10.6 Å². The van der Waals surface area contributed by atoms with Crippen LogP contribution in [0.15, 0.2) is 29.3 Å². The van der Waals surface area contributed by atoms with Gasteiger partial charge in [0, 0.05) is 23.4 Å². The molecule has 0 aliphatic heterocycles. The summed E-state index contributed by atoms with van der Waals surface area (Å²) < 4.78 is 31.1. The first kappa shape index (κ1) is 15.2. The summed E-state index contributed by atoms with van der Waals surface area (Å²) in [4.78, 5) is 0.120. The summed E-state index contributed by atoms with van der Waals surface area (Å²) in [5.74, 6) is 0.568. The van der Waals surface area contributed by atoms with E-state index in [1.54, 1.807) is 12.3 Å². The van der Waals surface area contributed by atoms with Gasteiger partial charge in [0.2, 0.25) is 0 Å². The van der Waals surface area contributed by atoms with Crippen LogP contribution in [0.25, 0.3) is 10.9 Å². The quantitative estimate of drug-likeness (QED) is 0.762. The fraction of sp³-hybridized carbons (Fsp3) is 0.429. The van der Waals surface area contributed by atoms with Gasteiger partial charge >= 0.3 is 0 Å². The lowest BCUT2D eigenvalue weighted by atomic mass is 10.2. The molecule has 0 N–H and O–H groups in total. The minimum atomic E-state index is -3.80. The van der Waals surface area contributed by atoms with Crippen LogP contribution in [0.4, 0.5) is 0 Å². The maximum absolute atomic E-state index is 11.8. The standard InChI is InChI=1S/C14H18ClNO3S/c1-3-8-16-10-13(20(15,17)18)14-11(16)6-5-7-12(14)19-9-4-2/h5-7,10H,3-4,8-9H2,1-2H3. The third-order valence-electron chi connectivity index (χ3n) is 3.02. The molecule has 4 nitrogen and oxygen atoms in total. The van der Waals surface area contributed by atoms with Crippen LogP contribution in [-0.4, -0.2) is 19.6 Å². The molecule has 1 aromatic heterocycles. The molecular weight excluding hydrogens is 298 g/mol. The molecule has 0 saturated carbocycles. The summed E-state index contributed by atoms with van der Waals surface area (Å²) in [5.41, 5.74) is 0.833. The molecule has 2 aromatic rings. The molecule has 0 aliphatic carbocycles. The maximum Gasteiger partial charge on any atom is 0.263 e. The Bertz CT molecular complexity index is 707. The molecule has 0 atom stereocenters. The number of hydrogen-bond donors (Lipinski definition) is 0. The van der Waals surface area contributed by atoms with E-state index in [0.717, 1.165) is 24.9 Å². The Morgan fingerprint density at radius 1 is 1.25 bits per heavy atom. The molecule has 0 radical (unpaired) electrons. The molecule has 0 spiro atoms. The SMILES string of the molecule is CCCOc1cccc2c1c(S(=O)(=O)Cl)cn2CCC. The van der Waals surface area contributed by atoms with Crippen LogP contribution in [0.5, 0.6) is 5.75 Å². The Hall–Kier alpha value is -1.20. The largest absolute Gasteiger partial charge is 0.493 e. The monoisotopic (exact) mass is 315 g/mol. The maximum atomic E-state index is 11.8. The molecule has 6 heteroatoms. The van der Waals surface area contributed by atoms with Crippen LogP contribution < -0.4 is 4.74 Å². The Kier molecular flexibility index (Phi) is 4.60. The minimum absolute atomic E-state index is 0.120. The van der Waals surface area contributed by atoms with Gasteiger partial charge in [0.25, 0.3) is 9.05 Å². The molecule has 20 heavy (non-hydrogen) atoms. The van der Waals surface area contributed by atoms with Gasteiger partial charge in [-0.2, -0.15) is 0 Å². The van der Waals surface area contributed by atoms with E-state index >= 15 is 0 Å². The van der Waals surface area contributed by atoms with Crippen molar-refractivity contribution in [2.75, 3.05) is 6.61 Å². The lowest BCUT2D eigenvalue weighted by Crippen LogP contribution is -1.97. The second kappa shape index (κ2) is 6.06. The predicted octanol–water partition coefficient (Wildman–Crippen LogP) is 3.77. The first-order chi connectivity index (χ1) is 9.49. The number of fused-ring (bicyclic) bond motifs is 1. The fourth-order valence-corrected chi connectivity index (χ4v) is 3.28. The van der Waals surface area contributed by atoms with Crippen LogP contribution in [0.3, 0.4) is 0 Å². The van der Waals surface area contributed by atoms with E-state index in [-0.39, 0.29) is 4.90 Å². The number of rotatable bonds is 6. The average molecular weight is 316 g/mol. The lowest BCUT2D eigenvalue weighted by Gasteiger charge is -2.08. The summed E-state index contributed by atoms with van der Waals surface area (Å²) >= 11 is 0. The van der Waals surface area contributed by atoms with Crippen LogP contribution in [-0.2, 0) is 15.6 Å². The number of aromatic nitrogens is 1. The molecule has 0 aliphatic rings. The fourth-order valence-electron chi connectivity index (χ4n) is 2.23. The highest BCUT2D eigenvalue weighted by molar-refractivity contribution is 8.14. The van der Waals surface area contributed by atoms with Crippen molar-refractivity contribution >= 4 is 30.6 Å². The van der Waals surface area contributed by atoms with E-state index in [9.17, 15) is 8.42 Å². The summed E-state index contributed by atoms with van der Waals surface area (Å²) in [6, 6.07) is 5.53. The highest BCUT2D eigenvalue weighted by Crippen LogP contribution is 2.35. The zero-order valence-electron chi connectivity index (χ0n) is 11.6. The number of ether oxygens (including phenoxy) is 1. The molecule has 1 heterocycles. The van der Waals surface area contributed by atoms with Crippen molar-refractivity contribution in [1.82, 2.24) is 4.57 Å².